The highest BCUT2D eigenvalue weighted by molar-refractivity contribution is 5.96. The van der Waals surface area contributed by atoms with Crippen molar-refractivity contribution < 1.29 is 9.53 Å². The van der Waals surface area contributed by atoms with Gasteiger partial charge in [0.05, 0.1) is 17.9 Å². The van der Waals surface area contributed by atoms with Gasteiger partial charge in [0.25, 0.3) is 5.91 Å². The molecule has 0 fully saturated rings. The summed E-state index contributed by atoms with van der Waals surface area (Å²) in [6.07, 6.45) is 5.87. The van der Waals surface area contributed by atoms with Crippen molar-refractivity contribution in [1.29, 1.82) is 0 Å². The highest BCUT2D eigenvalue weighted by Crippen LogP contribution is 2.30. The van der Waals surface area contributed by atoms with Gasteiger partial charge in [-0.25, -0.2) is 0 Å². The summed E-state index contributed by atoms with van der Waals surface area (Å²) in [5.74, 6) is 0.558. The zero-order valence-electron chi connectivity index (χ0n) is 23.4. The summed E-state index contributed by atoms with van der Waals surface area (Å²) >= 11 is 0. The van der Waals surface area contributed by atoms with Gasteiger partial charge in [-0.05, 0) is 94.9 Å². The number of likely N-dealkylation sites (N-methyl/N-ethyl adjacent to an activating group) is 1. The molecular weight excluding hydrogens is 476 g/mol. The smallest absolute Gasteiger partial charge is 0.252 e. The van der Waals surface area contributed by atoms with Gasteiger partial charge in [0.1, 0.15) is 12.4 Å². The summed E-state index contributed by atoms with van der Waals surface area (Å²) in [6, 6.07) is 14.0. The molecule has 0 aliphatic carbocycles. The fourth-order valence-corrected chi connectivity index (χ4v) is 4.19. The number of carbonyl (C=O) groups excluding carboxylic acids is 1. The molecule has 0 saturated carbocycles. The second-order valence-electron chi connectivity index (χ2n) is 10.3. The van der Waals surface area contributed by atoms with E-state index in [2.05, 4.69) is 58.7 Å². The van der Waals surface area contributed by atoms with Crippen molar-refractivity contribution in [2.45, 2.75) is 39.8 Å². The largest absolute Gasteiger partial charge is 0.492 e. The van der Waals surface area contributed by atoms with E-state index in [9.17, 15) is 4.79 Å². The van der Waals surface area contributed by atoms with Crippen molar-refractivity contribution in [3.05, 3.63) is 77.7 Å². The minimum absolute atomic E-state index is 0.134. The quantitative estimate of drug-likeness (QED) is 0.312. The van der Waals surface area contributed by atoms with E-state index < -0.39 is 0 Å². The maximum Gasteiger partial charge on any atom is 0.252 e. The Hall–Kier alpha value is -3.91. The normalized spacial score (nSPS) is 12.2. The molecule has 0 unspecified atom stereocenters. The molecule has 8 nitrogen and oxygen atoms in total. The van der Waals surface area contributed by atoms with Crippen LogP contribution in [-0.4, -0.2) is 57.6 Å². The Labute approximate surface area is 225 Å². The van der Waals surface area contributed by atoms with Crippen LogP contribution in [0.15, 0.2) is 61.1 Å². The van der Waals surface area contributed by atoms with Crippen LogP contribution < -0.4 is 10.1 Å². The van der Waals surface area contributed by atoms with E-state index in [1.54, 1.807) is 4.68 Å². The average molecular weight is 515 g/mol. The average Bonchev–Trinajstić information content (AvgIpc) is 3.54. The third-order valence-corrected chi connectivity index (χ3v) is 6.54. The van der Waals surface area contributed by atoms with Gasteiger partial charge in [0.2, 0.25) is 0 Å². The van der Waals surface area contributed by atoms with Crippen LogP contribution in [0.1, 0.15) is 54.3 Å². The fourth-order valence-electron chi connectivity index (χ4n) is 4.19. The van der Waals surface area contributed by atoms with E-state index >= 15 is 0 Å². The maximum atomic E-state index is 13.4. The van der Waals surface area contributed by atoms with Crippen molar-refractivity contribution in [3.63, 3.8) is 0 Å². The molecule has 1 amide bonds. The molecule has 0 spiro atoms. The number of hydrogen-bond acceptors (Lipinski definition) is 5. The maximum absolute atomic E-state index is 13.4. The first kappa shape index (κ1) is 27.1. The molecule has 38 heavy (non-hydrogen) atoms. The second-order valence-corrected chi connectivity index (χ2v) is 10.3. The van der Waals surface area contributed by atoms with Crippen molar-refractivity contribution in [1.82, 2.24) is 29.8 Å². The van der Waals surface area contributed by atoms with Crippen LogP contribution in [-0.2, 0) is 7.05 Å². The number of carbonyl (C=O) groups is 1. The molecule has 2 heterocycles. The van der Waals surface area contributed by atoms with E-state index in [0.717, 1.165) is 40.1 Å². The lowest BCUT2D eigenvalue weighted by Gasteiger charge is -2.18. The first-order valence-electron chi connectivity index (χ1n) is 13.0. The molecule has 4 aromatic rings. The van der Waals surface area contributed by atoms with Crippen molar-refractivity contribution in [3.8, 4) is 28.1 Å². The second kappa shape index (κ2) is 11.6. The molecule has 8 heteroatoms. The molecule has 0 aliphatic heterocycles. The van der Waals surface area contributed by atoms with Crippen molar-refractivity contribution in [2.75, 3.05) is 27.2 Å². The van der Waals surface area contributed by atoms with Crippen molar-refractivity contribution in [2.24, 2.45) is 7.05 Å². The van der Waals surface area contributed by atoms with Gasteiger partial charge in [-0.15, -0.1) is 0 Å². The lowest BCUT2D eigenvalue weighted by atomic mass is 9.96. The zero-order valence-corrected chi connectivity index (χ0v) is 23.4. The Morgan fingerprint density at radius 1 is 1.05 bits per heavy atom. The molecule has 1 N–H and O–H groups in total. The topological polar surface area (TPSA) is 77.2 Å². The SMILES string of the molecule is Cc1ccc(OCCN(C)C)cc1C(=O)N[C@H](C)c1cc(-c2cnn(C(C)C)c2)cc(-c2ccn(C)n2)c1. The van der Waals surface area contributed by atoms with Crippen LogP contribution in [0.4, 0.5) is 0 Å². The lowest BCUT2D eigenvalue weighted by molar-refractivity contribution is 0.0938. The molecule has 0 radical (unpaired) electrons. The van der Waals surface area contributed by atoms with E-state index in [-0.39, 0.29) is 18.0 Å². The van der Waals surface area contributed by atoms with Crippen LogP contribution in [0.25, 0.3) is 22.4 Å². The van der Waals surface area contributed by atoms with E-state index in [1.807, 2.05) is 76.3 Å². The number of ether oxygens (including phenoxy) is 1. The number of benzene rings is 2. The van der Waals surface area contributed by atoms with Gasteiger partial charge >= 0.3 is 0 Å². The van der Waals surface area contributed by atoms with Gasteiger partial charge in [-0.2, -0.15) is 10.2 Å². The van der Waals surface area contributed by atoms with Crippen LogP contribution in [0.5, 0.6) is 5.75 Å². The molecule has 2 aromatic heterocycles. The Balaban J connectivity index is 1.61. The number of nitrogens with one attached hydrogen (secondary N) is 1. The van der Waals surface area contributed by atoms with Gasteiger partial charge in [-0.1, -0.05) is 6.07 Å². The molecular formula is C30H38N6O2. The van der Waals surface area contributed by atoms with Gasteiger partial charge < -0.3 is 15.0 Å². The fraction of sp³-hybridized carbons (Fsp3) is 0.367. The van der Waals surface area contributed by atoms with Crippen molar-refractivity contribution >= 4 is 5.91 Å². The first-order valence-corrected chi connectivity index (χ1v) is 13.0. The van der Waals surface area contributed by atoms with Crippen LogP contribution in [0, 0.1) is 6.92 Å². The van der Waals surface area contributed by atoms with E-state index in [4.69, 9.17) is 4.74 Å². The number of nitrogens with zero attached hydrogens (tertiary/aromatic N) is 5. The molecule has 200 valence electrons. The van der Waals surface area contributed by atoms with Gasteiger partial charge in [0, 0.05) is 48.7 Å². The van der Waals surface area contributed by atoms with Gasteiger partial charge in [0.15, 0.2) is 0 Å². The molecule has 2 aromatic carbocycles. The molecule has 0 saturated heterocycles. The Morgan fingerprint density at radius 2 is 1.82 bits per heavy atom. The summed E-state index contributed by atoms with van der Waals surface area (Å²) in [5.41, 5.74) is 6.42. The minimum Gasteiger partial charge on any atom is -0.492 e. The summed E-state index contributed by atoms with van der Waals surface area (Å²) in [7, 11) is 5.91. The monoisotopic (exact) mass is 514 g/mol. The summed E-state index contributed by atoms with van der Waals surface area (Å²) < 4.78 is 9.60. The summed E-state index contributed by atoms with van der Waals surface area (Å²) in [5, 5.41) is 12.3. The molecule has 4 rings (SSSR count). The van der Waals surface area contributed by atoms with E-state index in [0.29, 0.717) is 17.9 Å². The molecule has 0 aliphatic rings. The van der Waals surface area contributed by atoms with Crippen LogP contribution >= 0.6 is 0 Å². The minimum atomic E-state index is -0.234. The third kappa shape index (κ3) is 6.50. The Kier molecular flexibility index (Phi) is 8.32. The number of aryl methyl sites for hydroxylation is 2. The summed E-state index contributed by atoms with van der Waals surface area (Å²) in [6.45, 7) is 9.52. The standard InChI is InChI=1S/C30H38N6O2/c1-20(2)36-19-26(18-31-36)24-14-23(15-25(16-24)29-10-11-35(7)33-29)22(4)32-30(37)28-17-27(9-8-21(28)3)38-13-12-34(5)6/h8-11,14-20,22H,12-13H2,1-7H3,(H,32,37)/t22-/m1/s1. The lowest BCUT2D eigenvalue weighted by Crippen LogP contribution is -2.27. The zero-order chi connectivity index (χ0) is 27.4. The third-order valence-electron chi connectivity index (χ3n) is 6.54. The Morgan fingerprint density at radius 3 is 2.47 bits per heavy atom. The predicted molar refractivity (Wildman–Crippen MR) is 151 cm³/mol. The van der Waals surface area contributed by atoms with Crippen LogP contribution in [0.2, 0.25) is 0 Å². The first-order chi connectivity index (χ1) is 18.1. The Bertz CT molecular complexity index is 1400. The van der Waals surface area contributed by atoms with Gasteiger partial charge in [-0.3, -0.25) is 14.2 Å². The number of hydrogen-bond donors (Lipinski definition) is 1. The number of rotatable bonds is 10. The highest BCUT2D eigenvalue weighted by Gasteiger charge is 2.17. The summed E-state index contributed by atoms with van der Waals surface area (Å²) in [4.78, 5) is 15.4. The number of amides is 1. The highest BCUT2D eigenvalue weighted by atomic mass is 16.5. The van der Waals surface area contributed by atoms with Crippen LogP contribution in [0.3, 0.4) is 0 Å². The molecule has 1 atom stereocenters. The number of aromatic nitrogens is 4. The predicted octanol–water partition coefficient (Wildman–Crippen LogP) is 5.27. The molecule has 0 bridgehead atoms. The van der Waals surface area contributed by atoms with E-state index in [1.165, 1.54) is 0 Å².